The minimum Gasteiger partial charge on any atom is -0.444 e. The SMILES string of the molecule is CC(NCCCNC(=O)OC(C)(C)C)c1ccccc1F. The van der Waals surface area contributed by atoms with Gasteiger partial charge in [0.25, 0.3) is 0 Å². The van der Waals surface area contributed by atoms with E-state index in [1.165, 1.54) is 6.07 Å². The van der Waals surface area contributed by atoms with E-state index < -0.39 is 11.7 Å². The van der Waals surface area contributed by atoms with Crippen LogP contribution in [0.2, 0.25) is 0 Å². The Morgan fingerprint density at radius 1 is 1.29 bits per heavy atom. The van der Waals surface area contributed by atoms with E-state index in [4.69, 9.17) is 4.74 Å². The van der Waals surface area contributed by atoms with Crippen LogP contribution in [0.3, 0.4) is 0 Å². The first kappa shape index (κ1) is 17.4. The van der Waals surface area contributed by atoms with Crippen LogP contribution in [-0.4, -0.2) is 24.8 Å². The van der Waals surface area contributed by atoms with Crippen molar-refractivity contribution in [3.63, 3.8) is 0 Å². The Balaban J connectivity index is 2.20. The molecule has 0 aromatic heterocycles. The molecule has 1 amide bonds. The van der Waals surface area contributed by atoms with Gasteiger partial charge in [-0.1, -0.05) is 18.2 Å². The first-order valence-corrected chi connectivity index (χ1v) is 7.24. The fraction of sp³-hybridized carbons (Fsp3) is 0.562. The lowest BCUT2D eigenvalue weighted by atomic mass is 10.1. The van der Waals surface area contributed by atoms with Crippen molar-refractivity contribution >= 4 is 6.09 Å². The van der Waals surface area contributed by atoms with Crippen molar-refractivity contribution in [3.8, 4) is 0 Å². The van der Waals surface area contributed by atoms with Crippen molar-refractivity contribution in [2.24, 2.45) is 0 Å². The predicted octanol–water partition coefficient (Wildman–Crippen LogP) is 3.39. The number of ether oxygens (including phenoxy) is 1. The molecule has 21 heavy (non-hydrogen) atoms. The summed E-state index contributed by atoms with van der Waals surface area (Å²) in [4.78, 5) is 11.4. The third kappa shape index (κ3) is 7.09. The Labute approximate surface area is 126 Å². The van der Waals surface area contributed by atoms with Crippen molar-refractivity contribution in [1.82, 2.24) is 10.6 Å². The largest absolute Gasteiger partial charge is 0.444 e. The third-order valence-electron chi connectivity index (χ3n) is 2.84. The van der Waals surface area contributed by atoms with Crippen molar-refractivity contribution < 1.29 is 13.9 Å². The van der Waals surface area contributed by atoms with Crippen LogP contribution in [0.4, 0.5) is 9.18 Å². The maximum absolute atomic E-state index is 13.6. The first-order valence-electron chi connectivity index (χ1n) is 7.24. The molecular formula is C16H25FN2O2. The van der Waals surface area contributed by atoms with Gasteiger partial charge in [-0.15, -0.1) is 0 Å². The molecule has 0 aliphatic carbocycles. The molecule has 0 radical (unpaired) electrons. The highest BCUT2D eigenvalue weighted by Gasteiger charge is 2.15. The van der Waals surface area contributed by atoms with Crippen LogP contribution in [-0.2, 0) is 4.74 Å². The Bertz CT molecular complexity index is 458. The summed E-state index contributed by atoms with van der Waals surface area (Å²) in [7, 11) is 0. The summed E-state index contributed by atoms with van der Waals surface area (Å²) in [5, 5.41) is 5.92. The van der Waals surface area contributed by atoms with E-state index >= 15 is 0 Å². The quantitative estimate of drug-likeness (QED) is 0.791. The molecule has 1 rings (SSSR count). The predicted molar refractivity (Wildman–Crippen MR) is 81.7 cm³/mol. The van der Waals surface area contributed by atoms with Gasteiger partial charge < -0.3 is 15.4 Å². The Hall–Kier alpha value is -1.62. The number of carbonyl (C=O) groups excluding carboxylic acids is 1. The van der Waals surface area contributed by atoms with Crippen molar-refractivity contribution in [3.05, 3.63) is 35.6 Å². The lowest BCUT2D eigenvalue weighted by Gasteiger charge is -2.20. The highest BCUT2D eigenvalue weighted by molar-refractivity contribution is 5.67. The standard InChI is InChI=1S/C16H25FN2O2/c1-12(13-8-5-6-9-14(13)17)18-10-7-11-19-15(20)21-16(2,3)4/h5-6,8-9,12,18H,7,10-11H2,1-4H3,(H,19,20). The molecule has 0 saturated heterocycles. The van der Waals surface area contributed by atoms with Crippen LogP contribution in [0.15, 0.2) is 24.3 Å². The van der Waals surface area contributed by atoms with Gasteiger partial charge in [0.2, 0.25) is 0 Å². The molecule has 0 heterocycles. The molecule has 0 bridgehead atoms. The average molecular weight is 296 g/mol. The summed E-state index contributed by atoms with van der Waals surface area (Å²) < 4.78 is 18.7. The van der Waals surface area contributed by atoms with E-state index in [1.54, 1.807) is 12.1 Å². The molecule has 1 aromatic rings. The minimum atomic E-state index is -0.484. The summed E-state index contributed by atoms with van der Waals surface area (Å²) in [6, 6.07) is 6.66. The highest BCUT2D eigenvalue weighted by Crippen LogP contribution is 2.15. The van der Waals surface area contributed by atoms with E-state index in [0.717, 1.165) is 6.42 Å². The van der Waals surface area contributed by atoms with Gasteiger partial charge in [0, 0.05) is 18.2 Å². The fourth-order valence-electron chi connectivity index (χ4n) is 1.85. The summed E-state index contributed by atoms with van der Waals surface area (Å²) in [5.74, 6) is -0.204. The van der Waals surface area contributed by atoms with E-state index in [1.807, 2.05) is 33.8 Å². The zero-order chi connectivity index (χ0) is 15.9. The summed E-state index contributed by atoms with van der Waals surface area (Å²) in [6.07, 6.45) is 0.336. The van der Waals surface area contributed by atoms with E-state index in [9.17, 15) is 9.18 Å². The smallest absolute Gasteiger partial charge is 0.407 e. The van der Waals surface area contributed by atoms with E-state index in [2.05, 4.69) is 10.6 Å². The van der Waals surface area contributed by atoms with Gasteiger partial charge in [0.15, 0.2) is 0 Å². The fourth-order valence-corrected chi connectivity index (χ4v) is 1.85. The van der Waals surface area contributed by atoms with Crippen LogP contribution in [0.5, 0.6) is 0 Å². The normalized spacial score (nSPS) is 12.8. The van der Waals surface area contributed by atoms with Crippen molar-refractivity contribution in [2.45, 2.75) is 45.8 Å². The molecule has 118 valence electrons. The van der Waals surface area contributed by atoms with Gasteiger partial charge >= 0.3 is 6.09 Å². The van der Waals surface area contributed by atoms with Gasteiger partial charge in [-0.3, -0.25) is 0 Å². The highest BCUT2D eigenvalue weighted by atomic mass is 19.1. The molecule has 0 aliphatic rings. The van der Waals surface area contributed by atoms with Crippen molar-refractivity contribution in [1.29, 1.82) is 0 Å². The molecule has 0 saturated carbocycles. The molecule has 5 heteroatoms. The summed E-state index contributed by atoms with van der Waals surface area (Å²) in [5.41, 5.74) is 0.166. The zero-order valence-electron chi connectivity index (χ0n) is 13.2. The molecule has 1 atom stereocenters. The molecule has 1 aromatic carbocycles. The van der Waals surface area contributed by atoms with Crippen molar-refractivity contribution in [2.75, 3.05) is 13.1 Å². The van der Waals surface area contributed by atoms with Gasteiger partial charge in [-0.25, -0.2) is 9.18 Å². The Morgan fingerprint density at radius 2 is 1.95 bits per heavy atom. The average Bonchev–Trinajstić information content (AvgIpc) is 2.36. The number of hydrogen-bond donors (Lipinski definition) is 2. The second kappa shape index (κ2) is 7.98. The molecular weight excluding hydrogens is 271 g/mol. The number of benzene rings is 1. The van der Waals surface area contributed by atoms with Crippen LogP contribution in [0.25, 0.3) is 0 Å². The zero-order valence-corrected chi connectivity index (χ0v) is 13.2. The molecule has 1 unspecified atom stereocenters. The first-order chi connectivity index (χ1) is 9.79. The molecule has 0 spiro atoms. The number of nitrogens with one attached hydrogen (secondary N) is 2. The minimum absolute atomic E-state index is 0.0623. The lowest BCUT2D eigenvalue weighted by molar-refractivity contribution is 0.0527. The molecule has 0 fully saturated rings. The number of rotatable bonds is 6. The number of halogens is 1. The molecule has 4 nitrogen and oxygen atoms in total. The second-order valence-corrected chi connectivity index (χ2v) is 5.98. The van der Waals surface area contributed by atoms with Gasteiger partial charge in [0.05, 0.1) is 0 Å². The lowest BCUT2D eigenvalue weighted by Crippen LogP contribution is -2.34. The van der Waals surface area contributed by atoms with Gasteiger partial charge in [0.1, 0.15) is 11.4 Å². The Kier molecular flexibility index (Phi) is 6.62. The number of carbonyl (C=O) groups is 1. The maximum atomic E-state index is 13.6. The monoisotopic (exact) mass is 296 g/mol. The summed E-state index contributed by atoms with van der Waals surface area (Å²) in [6.45, 7) is 8.59. The van der Waals surface area contributed by atoms with Crippen LogP contribution < -0.4 is 10.6 Å². The van der Waals surface area contributed by atoms with E-state index in [-0.39, 0.29) is 11.9 Å². The van der Waals surface area contributed by atoms with Crippen LogP contribution >= 0.6 is 0 Å². The Morgan fingerprint density at radius 3 is 2.57 bits per heavy atom. The number of amides is 1. The maximum Gasteiger partial charge on any atom is 0.407 e. The van der Waals surface area contributed by atoms with Crippen LogP contribution in [0.1, 0.15) is 45.7 Å². The van der Waals surface area contributed by atoms with E-state index in [0.29, 0.717) is 18.7 Å². The molecule has 2 N–H and O–H groups in total. The summed E-state index contributed by atoms with van der Waals surface area (Å²) >= 11 is 0. The number of hydrogen-bond acceptors (Lipinski definition) is 3. The van der Waals surface area contributed by atoms with Gasteiger partial charge in [-0.2, -0.15) is 0 Å². The molecule has 0 aliphatic heterocycles. The second-order valence-electron chi connectivity index (χ2n) is 5.98. The third-order valence-corrected chi connectivity index (χ3v) is 2.84. The number of alkyl carbamates (subject to hydrolysis) is 1. The van der Waals surface area contributed by atoms with Crippen LogP contribution in [0, 0.1) is 5.82 Å². The topological polar surface area (TPSA) is 50.4 Å². The van der Waals surface area contributed by atoms with Gasteiger partial charge in [-0.05, 0) is 46.7 Å².